The number of hydrogen-bond acceptors (Lipinski definition) is 3. The first-order valence-electron chi connectivity index (χ1n) is 7.51. The van der Waals surface area contributed by atoms with Crippen molar-refractivity contribution in [2.75, 3.05) is 14.1 Å². The van der Waals surface area contributed by atoms with Crippen LogP contribution in [0.15, 0.2) is 55.4 Å². The zero-order valence-corrected chi connectivity index (χ0v) is 18.9. The largest absolute Gasteiger partial charge is 0.487 e. The van der Waals surface area contributed by atoms with Crippen LogP contribution in [0, 0.1) is 11.3 Å². The Kier molecular flexibility index (Phi) is 7.44. The van der Waals surface area contributed by atoms with Crippen molar-refractivity contribution in [3.63, 3.8) is 0 Å². The number of hydrogen-bond donors (Lipinski definition) is 0. The van der Waals surface area contributed by atoms with Gasteiger partial charge < -0.3 is 9.64 Å². The van der Waals surface area contributed by atoms with Gasteiger partial charge in [0.1, 0.15) is 24.0 Å². The Morgan fingerprint density at radius 1 is 1.15 bits per heavy atom. The molecule has 26 heavy (non-hydrogen) atoms. The second-order valence-corrected chi connectivity index (χ2v) is 8.22. The van der Waals surface area contributed by atoms with Gasteiger partial charge in [-0.25, -0.2) is 0 Å². The predicted molar refractivity (Wildman–Crippen MR) is 113 cm³/mol. The minimum atomic E-state index is -0.338. The maximum atomic E-state index is 12.0. The van der Waals surface area contributed by atoms with Crippen LogP contribution in [0.3, 0.4) is 0 Å². The summed E-state index contributed by atoms with van der Waals surface area (Å²) in [4.78, 5) is 13.4. The van der Waals surface area contributed by atoms with Gasteiger partial charge in [0, 0.05) is 18.6 Å². The van der Waals surface area contributed by atoms with Gasteiger partial charge in [0.05, 0.1) is 8.95 Å². The monoisotopic (exact) mass is 540 g/mol. The molecule has 0 spiro atoms. The molecule has 0 heterocycles. The summed E-state index contributed by atoms with van der Waals surface area (Å²) in [6.07, 6.45) is 1.55. The van der Waals surface area contributed by atoms with E-state index >= 15 is 0 Å². The van der Waals surface area contributed by atoms with E-state index in [1.165, 1.54) is 4.90 Å². The average Bonchev–Trinajstić information content (AvgIpc) is 2.59. The van der Waals surface area contributed by atoms with Gasteiger partial charge in [0.15, 0.2) is 0 Å². The zero-order chi connectivity index (χ0) is 19.3. The maximum absolute atomic E-state index is 12.0. The third-order valence-corrected chi connectivity index (χ3v) is 5.09. The number of nitrogens with zero attached hydrogens (tertiary/aromatic N) is 2. The number of nitriles is 1. The van der Waals surface area contributed by atoms with Gasteiger partial charge in [-0.3, -0.25) is 4.79 Å². The molecule has 0 atom stereocenters. The van der Waals surface area contributed by atoms with E-state index in [0.29, 0.717) is 17.9 Å². The van der Waals surface area contributed by atoms with Crippen LogP contribution in [0.5, 0.6) is 5.75 Å². The predicted octanol–water partition coefficient (Wildman–Crippen LogP) is 5.55. The van der Waals surface area contributed by atoms with E-state index in [9.17, 15) is 10.1 Å². The Hall–Kier alpha value is -1.62. The van der Waals surface area contributed by atoms with Crippen molar-refractivity contribution in [1.29, 1.82) is 5.26 Å². The summed E-state index contributed by atoms with van der Waals surface area (Å²) in [7, 11) is 3.22. The highest BCUT2D eigenvalue weighted by Crippen LogP contribution is 2.36. The molecule has 0 bridgehead atoms. The van der Waals surface area contributed by atoms with Crippen molar-refractivity contribution in [1.82, 2.24) is 4.90 Å². The van der Waals surface area contributed by atoms with E-state index in [1.54, 1.807) is 20.2 Å². The van der Waals surface area contributed by atoms with Gasteiger partial charge in [0.25, 0.3) is 5.91 Å². The summed E-state index contributed by atoms with van der Waals surface area (Å²) in [5.74, 6) is 0.317. The number of amides is 1. The maximum Gasteiger partial charge on any atom is 0.264 e. The smallest absolute Gasteiger partial charge is 0.264 e. The molecule has 0 saturated carbocycles. The van der Waals surface area contributed by atoms with E-state index < -0.39 is 0 Å². The molecular weight excluding hydrogens is 528 g/mol. The van der Waals surface area contributed by atoms with Crippen LogP contribution >= 0.6 is 47.8 Å². The van der Waals surface area contributed by atoms with E-state index in [4.69, 9.17) is 4.74 Å². The Morgan fingerprint density at radius 3 is 2.23 bits per heavy atom. The summed E-state index contributed by atoms with van der Waals surface area (Å²) in [6, 6.07) is 13.4. The Bertz CT molecular complexity index is 862. The Morgan fingerprint density at radius 2 is 1.73 bits per heavy atom. The van der Waals surface area contributed by atoms with Crippen LogP contribution in [0.2, 0.25) is 0 Å². The minimum absolute atomic E-state index is 0.0670. The summed E-state index contributed by atoms with van der Waals surface area (Å²) in [5.41, 5.74) is 1.82. The SMILES string of the molecule is CN(C)C(=O)/C(C#N)=C\c1cc(Br)c(OCc2ccc(Br)cc2)c(Br)c1. The summed E-state index contributed by atoms with van der Waals surface area (Å²) >= 11 is 10.4. The third-order valence-electron chi connectivity index (χ3n) is 3.39. The van der Waals surface area contributed by atoms with Gasteiger partial charge in [-0.2, -0.15) is 5.26 Å². The van der Waals surface area contributed by atoms with Crippen molar-refractivity contribution >= 4 is 59.8 Å². The molecule has 0 aliphatic carbocycles. The molecule has 0 saturated heterocycles. The fourth-order valence-corrected chi connectivity index (χ4v) is 3.80. The van der Waals surface area contributed by atoms with Crippen LogP contribution in [-0.2, 0) is 11.4 Å². The molecule has 134 valence electrons. The standard InChI is InChI=1S/C19H15Br3N2O2/c1-24(2)19(25)14(10-23)7-13-8-16(21)18(17(22)9-13)26-11-12-3-5-15(20)6-4-12/h3-9H,11H2,1-2H3/b14-7-. The van der Waals surface area contributed by atoms with E-state index in [2.05, 4.69) is 47.8 Å². The molecule has 0 aromatic heterocycles. The molecule has 2 aromatic rings. The highest BCUT2D eigenvalue weighted by molar-refractivity contribution is 9.11. The number of benzene rings is 2. The lowest BCUT2D eigenvalue weighted by Gasteiger charge is -2.12. The molecule has 0 unspecified atom stereocenters. The number of rotatable bonds is 5. The average molecular weight is 543 g/mol. The molecule has 0 radical (unpaired) electrons. The molecule has 2 rings (SSSR count). The lowest BCUT2D eigenvalue weighted by molar-refractivity contribution is -0.124. The van der Waals surface area contributed by atoms with Crippen LogP contribution in [0.25, 0.3) is 6.08 Å². The first-order chi connectivity index (χ1) is 12.3. The van der Waals surface area contributed by atoms with Crippen molar-refractivity contribution in [3.8, 4) is 11.8 Å². The number of ether oxygens (including phenoxy) is 1. The number of carbonyl (C=O) groups is 1. The van der Waals surface area contributed by atoms with Crippen LogP contribution in [0.4, 0.5) is 0 Å². The van der Waals surface area contributed by atoms with Gasteiger partial charge >= 0.3 is 0 Å². The number of likely N-dealkylation sites (N-methyl/N-ethyl adjacent to an activating group) is 1. The summed E-state index contributed by atoms with van der Waals surface area (Å²) in [5, 5.41) is 9.21. The van der Waals surface area contributed by atoms with E-state index in [1.807, 2.05) is 42.5 Å². The molecule has 0 aliphatic rings. The van der Waals surface area contributed by atoms with Crippen molar-refractivity contribution in [2.24, 2.45) is 0 Å². The molecule has 4 nitrogen and oxygen atoms in total. The first-order valence-corrected chi connectivity index (χ1v) is 9.89. The topological polar surface area (TPSA) is 53.3 Å². The van der Waals surface area contributed by atoms with Crippen molar-refractivity contribution < 1.29 is 9.53 Å². The van der Waals surface area contributed by atoms with Crippen LogP contribution < -0.4 is 4.74 Å². The highest BCUT2D eigenvalue weighted by atomic mass is 79.9. The van der Waals surface area contributed by atoms with Crippen LogP contribution in [-0.4, -0.2) is 24.9 Å². The second-order valence-electron chi connectivity index (χ2n) is 5.60. The molecule has 7 heteroatoms. The van der Waals surface area contributed by atoms with Gasteiger partial charge in [-0.1, -0.05) is 28.1 Å². The normalized spacial score (nSPS) is 11.0. The molecule has 0 fully saturated rings. The zero-order valence-electron chi connectivity index (χ0n) is 14.1. The minimum Gasteiger partial charge on any atom is -0.487 e. The first kappa shape index (κ1) is 20.7. The number of carbonyl (C=O) groups excluding carboxylic acids is 1. The lowest BCUT2D eigenvalue weighted by atomic mass is 10.1. The molecule has 1 amide bonds. The molecule has 2 aromatic carbocycles. The summed E-state index contributed by atoms with van der Waals surface area (Å²) < 4.78 is 8.36. The number of halogens is 3. The third kappa shape index (κ3) is 5.44. The van der Waals surface area contributed by atoms with Crippen molar-refractivity contribution in [2.45, 2.75) is 6.61 Å². The quantitative estimate of drug-likeness (QED) is 0.368. The fourth-order valence-electron chi connectivity index (χ4n) is 2.09. The van der Waals surface area contributed by atoms with E-state index in [0.717, 1.165) is 19.0 Å². The molecular formula is C19H15Br3N2O2. The Labute approximate surface area is 177 Å². The molecule has 0 aliphatic heterocycles. The fraction of sp³-hybridized carbons (Fsp3) is 0.158. The Balaban J connectivity index is 2.23. The summed E-state index contributed by atoms with van der Waals surface area (Å²) in [6.45, 7) is 0.419. The van der Waals surface area contributed by atoms with E-state index in [-0.39, 0.29) is 11.5 Å². The van der Waals surface area contributed by atoms with Gasteiger partial charge in [-0.15, -0.1) is 0 Å². The van der Waals surface area contributed by atoms with Crippen LogP contribution in [0.1, 0.15) is 11.1 Å². The van der Waals surface area contributed by atoms with Crippen molar-refractivity contribution in [3.05, 3.63) is 66.5 Å². The molecule has 0 N–H and O–H groups in total. The second kappa shape index (κ2) is 9.36. The highest BCUT2D eigenvalue weighted by Gasteiger charge is 2.13. The van der Waals surface area contributed by atoms with Gasteiger partial charge in [-0.05, 0) is 73.3 Å². The lowest BCUT2D eigenvalue weighted by Crippen LogP contribution is -2.22. The van der Waals surface area contributed by atoms with Gasteiger partial charge in [0.2, 0.25) is 0 Å².